The maximum absolute atomic E-state index is 11.5. The minimum absolute atomic E-state index is 0.0179. The van der Waals surface area contributed by atoms with Crippen LogP contribution in [0.3, 0.4) is 0 Å². The van der Waals surface area contributed by atoms with Crippen LogP contribution in [0.2, 0.25) is 0 Å². The summed E-state index contributed by atoms with van der Waals surface area (Å²) in [5.41, 5.74) is 9.84. The number of fused-ring (bicyclic) bond motifs is 8. The third-order valence-corrected chi connectivity index (χ3v) is 8.48. The van der Waals surface area contributed by atoms with Crippen molar-refractivity contribution in [2.45, 2.75) is 53.4 Å². The molecule has 3 aromatic rings. The summed E-state index contributed by atoms with van der Waals surface area (Å²) < 4.78 is 0. The number of rotatable bonds is 7. The van der Waals surface area contributed by atoms with Crippen LogP contribution in [0.15, 0.2) is 29.6 Å². The molecule has 8 bridgehead atoms. The molecule has 9 heteroatoms. The highest BCUT2D eigenvalue weighted by Gasteiger charge is 2.25. The standard InChI is InChI=1S/C33H36N4O5/c1-6-20-16(2)26-13-31-23(15-38)19(5)25(37-31)11-24-17(3)21(7-9-32(39)40)29(35-24)14-30-22(8-10-33(41)42)18(4)27(36-30)12-28(20)34-26/h6,11-15,20,34-38H,1,7-10H2,2-5H3,(H,39,40)(H,41,42)/b23-15-,24-11-,28-12-,29-14-,31-13-. The van der Waals surface area contributed by atoms with E-state index in [0.29, 0.717) is 18.1 Å². The number of aliphatic hydroxyl groups is 1. The number of H-pyrrole nitrogens is 3. The number of aliphatic hydroxyl groups excluding tert-OH is 1. The molecular formula is C33H36N4O5. The van der Waals surface area contributed by atoms with E-state index in [0.717, 1.165) is 84.2 Å². The summed E-state index contributed by atoms with van der Waals surface area (Å²) in [5.74, 6) is -1.83. The van der Waals surface area contributed by atoms with Crippen LogP contribution in [0.5, 0.6) is 0 Å². The molecule has 5 rings (SSSR count). The van der Waals surface area contributed by atoms with Crippen molar-refractivity contribution >= 4 is 42.5 Å². The molecule has 1 unspecified atom stereocenters. The smallest absolute Gasteiger partial charge is 0.303 e. The van der Waals surface area contributed by atoms with Gasteiger partial charge in [-0.2, -0.15) is 0 Å². The van der Waals surface area contributed by atoms with E-state index >= 15 is 0 Å². The lowest BCUT2D eigenvalue weighted by atomic mass is 9.97. The number of hydrogen-bond acceptors (Lipinski definition) is 4. The normalized spacial score (nSPS) is 20.0. The molecule has 0 fully saturated rings. The lowest BCUT2D eigenvalue weighted by molar-refractivity contribution is -0.138. The minimum Gasteiger partial charge on any atom is -0.515 e. The van der Waals surface area contributed by atoms with Gasteiger partial charge in [0.25, 0.3) is 0 Å². The van der Waals surface area contributed by atoms with Gasteiger partial charge in [0.2, 0.25) is 0 Å². The summed E-state index contributed by atoms with van der Waals surface area (Å²) in [5, 5.41) is 35.6. The quantitative estimate of drug-likeness (QED) is 0.217. The van der Waals surface area contributed by atoms with Gasteiger partial charge in [-0.05, 0) is 98.2 Å². The minimum atomic E-state index is -0.885. The molecule has 1 atom stereocenters. The van der Waals surface area contributed by atoms with Crippen molar-refractivity contribution in [3.05, 3.63) is 95.8 Å². The predicted octanol–water partition coefficient (Wildman–Crippen LogP) is 2.40. The number of carboxylic acid groups (broad SMARTS) is 2. The van der Waals surface area contributed by atoms with Crippen LogP contribution in [-0.2, 0) is 22.4 Å². The number of hydrogen-bond donors (Lipinski definition) is 7. The Labute approximate surface area is 242 Å². The van der Waals surface area contributed by atoms with Gasteiger partial charge in [0.15, 0.2) is 0 Å². The van der Waals surface area contributed by atoms with Gasteiger partial charge < -0.3 is 35.6 Å². The Morgan fingerprint density at radius 1 is 0.786 bits per heavy atom. The zero-order valence-corrected chi connectivity index (χ0v) is 24.2. The van der Waals surface area contributed by atoms with Crippen LogP contribution >= 0.6 is 0 Å². The molecule has 3 aromatic heterocycles. The monoisotopic (exact) mass is 568 g/mol. The summed E-state index contributed by atoms with van der Waals surface area (Å²) >= 11 is 0. The fourth-order valence-corrected chi connectivity index (χ4v) is 5.98. The number of aromatic amines is 3. The molecule has 2 aliphatic rings. The summed E-state index contributed by atoms with van der Waals surface area (Å²) in [6.45, 7) is 12.0. The molecule has 5 heterocycles. The Balaban J connectivity index is 1.88. The second kappa shape index (κ2) is 11.2. The van der Waals surface area contributed by atoms with Gasteiger partial charge >= 0.3 is 11.9 Å². The van der Waals surface area contributed by atoms with E-state index in [1.807, 2.05) is 58.1 Å². The third kappa shape index (κ3) is 5.13. The van der Waals surface area contributed by atoms with E-state index in [2.05, 4.69) is 26.8 Å². The van der Waals surface area contributed by atoms with Gasteiger partial charge in [0.05, 0.1) is 11.6 Å². The molecule has 42 heavy (non-hydrogen) atoms. The van der Waals surface area contributed by atoms with Gasteiger partial charge in [0, 0.05) is 63.2 Å². The molecule has 0 saturated carbocycles. The average molecular weight is 569 g/mol. The molecule has 0 amide bonds. The van der Waals surface area contributed by atoms with Gasteiger partial charge in [-0.1, -0.05) is 6.08 Å². The summed E-state index contributed by atoms with van der Waals surface area (Å²) in [6.07, 6.45) is 11.6. The van der Waals surface area contributed by atoms with Crippen molar-refractivity contribution in [3.63, 3.8) is 0 Å². The average Bonchev–Trinajstić information content (AvgIpc) is 3.59. The number of carboxylic acids is 2. The van der Waals surface area contributed by atoms with E-state index in [1.165, 1.54) is 0 Å². The van der Waals surface area contributed by atoms with Gasteiger partial charge in [-0.25, -0.2) is 0 Å². The molecule has 0 spiro atoms. The number of allylic oxidation sites excluding steroid dienone is 2. The van der Waals surface area contributed by atoms with Gasteiger partial charge in [0.1, 0.15) is 0 Å². The Morgan fingerprint density at radius 3 is 2.07 bits per heavy atom. The van der Waals surface area contributed by atoms with Crippen molar-refractivity contribution in [1.82, 2.24) is 20.3 Å². The number of aliphatic carboxylic acids is 2. The molecule has 2 aliphatic heterocycles. The van der Waals surface area contributed by atoms with E-state index in [9.17, 15) is 24.9 Å². The third-order valence-electron chi connectivity index (χ3n) is 8.48. The van der Waals surface area contributed by atoms with Crippen molar-refractivity contribution in [2.24, 2.45) is 5.92 Å². The van der Waals surface area contributed by atoms with Crippen LogP contribution in [0.1, 0.15) is 64.7 Å². The van der Waals surface area contributed by atoms with E-state index < -0.39 is 11.9 Å². The van der Waals surface area contributed by atoms with E-state index in [-0.39, 0.29) is 18.8 Å². The topological polar surface area (TPSA) is 154 Å². The van der Waals surface area contributed by atoms with Crippen LogP contribution in [0.4, 0.5) is 0 Å². The maximum atomic E-state index is 11.5. The number of carbonyl (C=O) groups is 2. The molecule has 7 N–H and O–H groups in total. The SMILES string of the molecule is C=CC1C(C)=C2/C=c3\[nH]c(c(C)\c3=C\O)/C=c3\[nH]/c(c(CCC(=O)O)c3C)=C\c3[nH]c(c(C)c3CCC(=O)O)/C=C/1N2. The first-order chi connectivity index (χ1) is 20.0. The first-order valence-corrected chi connectivity index (χ1v) is 13.9. The number of aromatic nitrogens is 3. The highest BCUT2D eigenvalue weighted by atomic mass is 16.4. The molecular weight excluding hydrogens is 532 g/mol. The predicted molar refractivity (Wildman–Crippen MR) is 163 cm³/mol. The van der Waals surface area contributed by atoms with Crippen LogP contribution in [0.25, 0.3) is 30.6 Å². The largest absolute Gasteiger partial charge is 0.515 e. The van der Waals surface area contributed by atoms with E-state index in [4.69, 9.17) is 0 Å². The Hall–Kier alpha value is -4.92. The maximum Gasteiger partial charge on any atom is 0.303 e. The fraction of sp³-hybridized carbons (Fsp3) is 0.273. The summed E-state index contributed by atoms with van der Waals surface area (Å²) in [4.78, 5) is 33.5. The van der Waals surface area contributed by atoms with Crippen molar-refractivity contribution < 1.29 is 24.9 Å². The summed E-state index contributed by atoms with van der Waals surface area (Å²) in [6, 6.07) is 0. The summed E-state index contributed by atoms with van der Waals surface area (Å²) in [7, 11) is 0. The van der Waals surface area contributed by atoms with Gasteiger partial charge in [-0.3, -0.25) is 9.59 Å². The second-order valence-corrected chi connectivity index (χ2v) is 11.0. The molecule has 9 nitrogen and oxygen atoms in total. The Bertz CT molecular complexity index is 1940. The van der Waals surface area contributed by atoms with E-state index in [1.54, 1.807) is 0 Å². The molecule has 218 valence electrons. The highest BCUT2D eigenvalue weighted by molar-refractivity contribution is 5.71. The molecule has 0 radical (unpaired) electrons. The van der Waals surface area contributed by atoms with Crippen molar-refractivity contribution in [1.29, 1.82) is 0 Å². The zero-order chi connectivity index (χ0) is 30.3. The molecule has 0 aromatic carbocycles. The van der Waals surface area contributed by atoms with Crippen LogP contribution in [-0.4, -0.2) is 42.2 Å². The Kier molecular flexibility index (Phi) is 7.60. The van der Waals surface area contributed by atoms with Crippen LogP contribution in [0, 0.1) is 26.7 Å². The van der Waals surface area contributed by atoms with Crippen LogP contribution < -0.4 is 26.6 Å². The second-order valence-electron chi connectivity index (χ2n) is 11.0. The Morgan fingerprint density at radius 2 is 1.43 bits per heavy atom. The first kappa shape index (κ1) is 28.6. The molecule has 0 saturated heterocycles. The highest BCUT2D eigenvalue weighted by Crippen LogP contribution is 2.33. The fourth-order valence-electron chi connectivity index (χ4n) is 5.98. The van der Waals surface area contributed by atoms with Crippen molar-refractivity contribution in [2.75, 3.05) is 0 Å². The van der Waals surface area contributed by atoms with Crippen molar-refractivity contribution in [3.8, 4) is 0 Å². The lowest BCUT2D eigenvalue weighted by Gasteiger charge is -2.08. The first-order valence-electron chi connectivity index (χ1n) is 13.9. The zero-order valence-electron chi connectivity index (χ0n) is 24.2. The number of nitrogens with one attached hydrogen (secondary N) is 4. The lowest BCUT2D eigenvalue weighted by Crippen LogP contribution is -2.25. The van der Waals surface area contributed by atoms with Gasteiger partial charge in [-0.15, -0.1) is 6.58 Å². The molecule has 0 aliphatic carbocycles.